The summed E-state index contributed by atoms with van der Waals surface area (Å²) in [5, 5.41) is 0. The van der Waals surface area contributed by atoms with Gasteiger partial charge in [0, 0.05) is 0 Å². The summed E-state index contributed by atoms with van der Waals surface area (Å²) in [6.45, 7) is 3.14. The van der Waals surface area contributed by atoms with Crippen molar-refractivity contribution in [2.45, 2.75) is 19.9 Å². The summed E-state index contributed by atoms with van der Waals surface area (Å²) in [5.41, 5.74) is 0.289. The molecule has 0 unspecified atom stereocenters. The van der Waals surface area contributed by atoms with Crippen molar-refractivity contribution in [3.63, 3.8) is 0 Å². The molecular formula is C15H15NO6. The summed E-state index contributed by atoms with van der Waals surface area (Å²) < 4.78 is 9.59. The summed E-state index contributed by atoms with van der Waals surface area (Å²) >= 11 is 0. The zero-order chi connectivity index (χ0) is 16.3. The fourth-order valence-electron chi connectivity index (χ4n) is 2.19. The van der Waals surface area contributed by atoms with E-state index in [-0.39, 0.29) is 24.3 Å². The molecule has 0 bridgehead atoms. The molecule has 0 radical (unpaired) electrons. The number of benzene rings is 1. The number of imide groups is 1. The highest BCUT2D eigenvalue weighted by Crippen LogP contribution is 2.25. The van der Waals surface area contributed by atoms with E-state index in [1.807, 2.05) is 0 Å². The first-order valence-electron chi connectivity index (χ1n) is 6.83. The predicted octanol–water partition coefficient (Wildman–Crippen LogP) is 0.777. The lowest BCUT2D eigenvalue weighted by molar-refractivity contribution is -0.161. The van der Waals surface area contributed by atoms with E-state index < -0.39 is 29.8 Å². The Kier molecular flexibility index (Phi) is 4.55. The number of rotatable bonds is 5. The second-order valence-corrected chi connectivity index (χ2v) is 4.43. The van der Waals surface area contributed by atoms with Crippen molar-refractivity contribution < 1.29 is 28.7 Å². The van der Waals surface area contributed by atoms with Gasteiger partial charge in [-0.3, -0.25) is 9.59 Å². The SMILES string of the molecule is CCOC(=O)[13CH](C(=O)OCC)N1C(=O)c2ccccc2C1=O. The molecule has 1 aliphatic heterocycles. The molecule has 0 N–H and O–H groups in total. The number of carbonyl (C=O) groups excluding carboxylic acids is 4. The molecule has 0 saturated carbocycles. The van der Waals surface area contributed by atoms with Crippen LogP contribution in [0.2, 0.25) is 0 Å². The second-order valence-electron chi connectivity index (χ2n) is 4.43. The van der Waals surface area contributed by atoms with Crippen molar-refractivity contribution in [1.82, 2.24) is 4.90 Å². The number of esters is 2. The third-order valence-corrected chi connectivity index (χ3v) is 3.10. The van der Waals surface area contributed by atoms with Gasteiger partial charge in [0.15, 0.2) is 0 Å². The third kappa shape index (κ3) is 2.57. The van der Waals surface area contributed by atoms with Gasteiger partial charge in [-0.05, 0) is 26.0 Å². The quantitative estimate of drug-likeness (QED) is 0.345. The predicted molar refractivity (Wildman–Crippen MR) is 74.0 cm³/mol. The molecule has 2 rings (SSSR count). The van der Waals surface area contributed by atoms with Gasteiger partial charge >= 0.3 is 11.9 Å². The van der Waals surface area contributed by atoms with Crippen LogP contribution in [-0.2, 0) is 19.1 Å². The Bertz CT molecular complexity index is 586. The van der Waals surface area contributed by atoms with Crippen LogP contribution in [0.15, 0.2) is 24.3 Å². The van der Waals surface area contributed by atoms with Crippen LogP contribution in [-0.4, -0.2) is 47.9 Å². The van der Waals surface area contributed by atoms with Crippen LogP contribution >= 0.6 is 0 Å². The van der Waals surface area contributed by atoms with E-state index in [1.54, 1.807) is 26.0 Å². The molecule has 2 amide bonds. The monoisotopic (exact) mass is 306 g/mol. The Balaban J connectivity index is 2.41. The molecule has 0 atom stereocenters. The standard InChI is InChI=1S/C15H15NO6/c1-3-21-14(19)11(15(20)22-4-2)16-12(17)9-7-5-6-8-10(9)13(16)18/h5-8,11H,3-4H2,1-2H3/i11+1. The van der Waals surface area contributed by atoms with Crippen molar-refractivity contribution in [3.05, 3.63) is 35.4 Å². The van der Waals surface area contributed by atoms with E-state index in [2.05, 4.69) is 0 Å². The molecule has 1 heterocycles. The van der Waals surface area contributed by atoms with Gasteiger partial charge in [-0.1, -0.05) is 12.1 Å². The molecular weight excluding hydrogens is 291 g/mol. The average molecular weight is 306 g/mol. The highest BCUT2D eigenvalue weighted by atomic mass is 16.6. The van der Waals surface area contributed by atoms with Crippen LogP contribution in [0.4, 0.5) is 0 Å². The van der Waals surface area contributed by atoms with Crippen molar-refractivity contribution in [2.24, 2.45) is 0 Å². The van der Waals surface area contributed by atoms with Crippen molar-refractivity contribution in [3.8, 4) is 0 Å². The van der Waals surface area contributed by atoms with E-state index in [1.165, 1.54) is 12.1 Å². The summed E-state index contributed by atoms with van der Waals surface area (Å²) in [7, 11) is 0. The number of fused-ring (bicyclic) bond motifs is 1. The highest BCUT2D eigenvalue weighted by molar-refractivity contribution is 6.25. The Morgan fingerprint density at radius 2 is 1.36 bits per heavy atom. The molecule has 0 aromatic heterocycles. The van der Waals surface area contributed by atoms with E-state index >= 15 is 0 Å². The van der Waals surface area contributed by atoms with Gasteiger partial charge in [0.25, 0.3) is 11.8 Å². The maximum atomic E-state index is 12.4. The lowest BCUT2D eigenvalue weighted by atomic mass is 10.1. The largest absolute Gasteiger partial charge is 0.464 e. The lowest BCUT2D eigenvalue weighted by Gasteiger charge is -2.22. The van der Waals surface area contributed by atoms with Crippen molar-refractivity contribution in [1.29, 1.82) is 0 Å². The molecule has 116 valence electrons. The van der Waals surface area contributed by atoms with Crippen LogP contribution in [0.1, 0.15) is 34.6 Å². The Morgan fingerprint density at radius 1 is 0.955 bits per heavy atom. The van der Waals surface area contributed by atoms with Gasteiger partial charge in [-0.25, -0.2) is 14.5 Å². The van der Waals surface area contributed by atoms with Crippen LogP contribution in [0.5, 0.6) is 0 Å². The van der Waals surface area contributed by atoms with Gasteiger partial charge in [0.2, 0.25) is 6.04 Å². The van der Waals surface area contributed by atoms with Gasteiger partial charge in [0.05, 0.1) is 24.3 Å². The van der Waals surface area contributed by atoms with Gasteiger partial charge < -0.3 is 9.47 Å². The van der Waals surface area contributed by atoms with E-state index in [4.69, 9.17) is 9.47 Å². The Hall–Kier alpha value is -2.70. The fourth-order valence-corrected chi connectivity index (χ4v) is 2.19. The maximum absolute atomic E-state index is 12.4. The lowest BCUT2D eigenvalue weighted by Crippen LogP contribution is -2.51. The molecule has 0 saturated heterocycles. The fraction of sp³-hybridized carbons (Fsp3) is 0.333. The number of nitrogens with zero attached hydrogens (tertiary/aromatic N) is 1. The number of hydrogen-bond donors (Lipinski definition) is 0. The number of hydrogen-bond acceptors (Lipinski definition) is 6. The molecule has 1 aromatic carbocycles. The van der Waals surface area contributed by atoms with Gasteiger partial charge in [-0.15, -0.1) is 0 Å². The number of carbonyl (C=O) groups is 4. The van der Waals surface area contributed by atoms with Crippen LogP contribution in [0.3, 0.4) is 0 Å². The minimum Gasteiger partial charge on any atom is -0.464 e. The Morgan fingerprint density at radius 3 is 1.73 bits per heavy atom. The van der Waals surface area contributed by atoms with E-state index in [0.717, 1.165) is 0 Å². The minimum atomic E-state index is -1.73. The summed E-state index contributed by atoms with van der Waals surface area (Å²) in [6, 6.07) is 4.38. The normalized spacial score (nSPS) is 13.3. The number of ether oxygens (including phenoxy) is 2. The molecule has 0 spiro atoms. The van der Waals surface area contributed by atoms with E-state index in [0.29, 0.717) is 4.90 Å². The van der Waals surface area contributed by atoms with Crippen LogP contribution in [0.25, 0.3) is 0 Å². The van der Waals surface area contributed by atoms with Crippen molar-refractivity contribution in [2.75, 3.05) is 13.2 Å². The first kappa shape index (κ1) is 15.7. The Labute approximate surface area is 126 Å². The summed E-state index contributed by atoms with van der Waals surface area (Å²) in [5.74, 6) is -3.41. The smallest absolute Gasteiger partial charge is 0.341 e. The second kappa shape index (κ2) is 6.38. The molecule has 0 aliphatic carbocycles. The highest BCUT2D eigenvalue weighted by Gasteiger charge is 2.47. The zero-order valence-corrected chi connectivity index (χ0v) is 12.2. The average Bonchev–Trinajstić information content (AvgIpc) is 2.74. The third-order valence-electron chi connectivity index (χ3n) is 3.10. The van der Waals surface area contributed by atoms with E-state index in [9.17, 15) is 19.2 Å². The van der Waals surface area contributed by atoms with Crippen LogP contribution in [0, 0.1) is 0 Å². The molecule has 1 aromatic rings. The van der Waals surface area contributed by atoms with Gasteiger partial charge in [-0.2, -0.15) is 0 Å². The first-order valence-corrected chi connectivity index (χ1v) is 6.83. The summed E-state index contributed by atoms with van der Waals surface area (Å²) in [4.78, 5) is 49.3. The molecule has 7 heteroatoms. The topological polar surface area (TPSA) is 90.0 Å². The molecule has 1 aliphatic rings. The summed E-state index contributed by atoms with van der Waals surface area (Å²) in [6.07, 6.45) is 0. The maximum Gasteiger partial charge on any atom is 0.341 e. The van der Waals surface area contributed by atoms with Crippen LogP contribution < -0.4 is 0 Å². The minimum absolute atomic E-state index is 0.0118. The molecule has 22 heavy (non-hydrogen) atoms. The van der Waals surface area contributed by atoms with Crippen molar-refractivity contribution >= 4 is 23.8 Å². The molecule has 0 fully saturated rings. The van der Waals surface area contributed by atoms with Gasteiger partial charge in [0.1, 0.15) is 0 Å². The number of amides is 2. The zero-order valence-electron chi connectivity index (χ0n) is 12.2. The molecule has 7 nitrogen and oxygen atoms in total. The first-order chi connectivity index (χ1) is 10.5.